The van der Waals surface area contributed by atoms with Crippen LogP contribution in [0.4, 0.5) is 0 Å². The molecule has 0 atom stereocenters. The van der Waals surface area contributed by atoms with E-state index in [0.29, 0.717) is 6.42 Å². The van der Waals surface area contributed by atoms with Gasteiger partial charge in [0.2, 0.25) is 5.91 Å². The zero-order valence-electron chi connectivity index (χ0n) is 9.26. The molecule has 0 aromatic rings. The molecular formula is C10H22N2O. The van der Waals surface area contributed by atoms with Gasteiger partial charge in [0.05, 0.1) is 0 Å². The van der Waals surface area contributed by atoms with Crippen molar-refractivity contribution in [3.63, 3.8) is 0 Å². The maximum atomic E-state index is 11.5. The molecule has 0 rings (SSSR count). The van der Waals surface area contributed by atoms with Gasteiger partial charge in [-0.1, -0.05) is 0 Å². The zero-order chi connectivity index (χ0) is 10.5. The van der Waals surface area contributed by atoms with Crippen molar-refractivity contribution in [2.75, 3.05) is 13.1 Å². The van der Waals surface area contributed by atoms with Gasteiger partial charge in [-0.05, 0) is 34.1 Å². The molecule has 13 heavy (non-hydrogen) atoms. The second kappa shape index (κ2) is 5.22. The fraction of sp³-hybridized carbons (Fsp3) is 0.900. The third-order valence-electron chi connectivity index (χ3n) is 2.10. The number of nitrogens with two attached hydrogens (primary N) is 1. The van der Waals surface area contributed by atoms with Gasteiger partial charge < -0.3 is 10.6 Å². The van der Waals surface area contributed by atoms with E-state index in [1.54, 1.807) is 0 Å². The lowest BCUT2D eigenvalue weighted by molar-refractivity contribution is -0.131. The van der Waals surface area contributed by atoms with Crippen molar-refractivity contribution in [3.8, 4) is 0 Å². The molecule has 0 bridgehead atoms. The maximum Gasteiger partial charge on any atom is 0.222 e. The Morgan fingerprint density at radius 1 is 1.31 bits per heavy atom. The van der Waals surface area contributed by atoms with E-state index in [-0.39, 0.29) is 11.4 Å². The molecule has 0 heterocycles. The van der Waals surface area contributed by atoms with Gasteiger partial charge in [0.15, 0.2) is 0 Å². The number of carbonyl (C=O) groups excluding carboxylic acids is 1. The zero-order valence-corrected chi connectivity index (χ0v) is 9.26. The van der Waals surface area contributed by atoms with Crippen LogP contribution in [0.15, 0.2) is 0 Å². The minimum Gasteiger partial charge on any atom is -0.343 e. The van der Waals surface area contributed by atoms with Crippen molar-refractivity contribution < 1.29 is 4.79 Å². The number of rotatable bonds is 5. The molecule has 0 fully saturated rings. The minimum absolute atomic E-state index is 0.212. The van der Waals surface area contributed by atoms with Crippen molar-refractivity contribution in [2.45, 2.75) is 46.1 Å². The first-order valence-corrected chi connectivity index (χ1v) is 4.97. The van der Waals surface area contributed by atoms with Gasteiger partial charge >= 0.3 is 0 Å². The predicted octanol–water partition coefficient (Wildman–Crippen LogP) is 1.37. The Kier molecular flexibility index (Phi) is 4.99. The summed E-state index contributed by atoms with van der Waals surface area (Å²) in [7, 11) is 0. The van der Waals surface area contributed by atoms with Crippen LogP contribution < -0.4 is 5.73 Å². The van der Waals surface area contributed by atoms with Crippen molar-refractivity contribution >= 4 is 5.91 Å². The van der Waals surface area contributed by atoms with Crippen LogP contribution in [0.2, 0.25) is 0 Å². The number of carbonyl (C=O) groups is 1. The van der Waals surface area contributed by atoms with E-state index in [0.717, 1.165) is 19.5 Å². The van der Waals surface area contributed by atoms with E-state index in [2.05, 4.69) is 0 Å². The van der Waals surface area contributed by atoms with Crippen LogP contribution in [0, 0.1) is 0 Å². The Hall–Kier alpha value is -0.570. The quantitative estimate of drug-likeness (QED) is 0.705. The number of hydrogen-bond donors (Lipinski definition) is 1. The van der Waals surface area contributed by atoms with Crippen molar-refractivity contribution in [1.29, 1.82) is 0 Å². The van der Waals surface area contributed by atoms with Crippen LogP contribution in [-0.2, 0) is 4.79 Å². The van der Waals surface area contributed by atoms with Crippen LogP contribution in [0.5, 0.6) is 0 Å². The fourth-order valence-electron chi connectivity index (χ4n) is 1.16. The Balaban J connectivity index is 3.86. The summed E-state index contributed by atoms with van der Waals surface area (Å²) in [5.74, 6) is 0.212. The Labute approximate surface area is 81.3 Å². The number of amides is 1. The van der Waals surface area contributed by atoms with Gasteiger partial charge in [-0.25, -0.2) is 0 Å². The molecule has 3 heteroatoms. The van der Waals surface area contributed by atoms with E-state index < -0.39 is 0 Å². The number of nitrogens with zero attached hydrogens (tertiary/aromatic N) is 1. The molecule has 2 N–H and O–H groups in total. The van der Waals surface area contributed by atoms with Gasteiger partial charge in [-0.2, -0.15) is 0 Å². The van der Waals surface area contributed by atoms with Crippen LogP contribution >= 0.6 is 0 Å². The van der Waals surface area contributed by atoms with Gasteiger partial charge in [0, 0.05) is 25.0 Å². The third-order valence-corrected chi connectivity index (χ3v) is 2.10. The molecule has 0 aliphatic rings. The summed E-state index contributed by atoms with van der Waals surface area (Å²) in [6, 6.07) is 0. The molecule has 0 saturated carbocycles. The molecule has 0 aliphatic carbocycles. The van der Waals surface area contributed by atoms with Gasteiger partial charge in [0.1, 0.15) is 0 Å². The largest absolute Gasteiger partial charge is 0.343 e. The SMILES string of the molecule is CCN(CC)C(=O)CCC(C)(C)N. The second-order valence-electron chi connectivity index (χ2n) is 4.05. The Morgan fingerprint density at radius 2 is 1.77 bits per heavy atom. The summed E-state index contributed by atoms with van der Waals surface area (Å²) in [5, 5.41) is 0. The van der Waals surface area contributed by atoms with Crippen LogP contribution in [0.1, 0.15) is 40.5 Å². The highest BCUT2D eigenvalue weighted by molar-refractivity contribution is 5.76. The van der Waals surface area contributed by atoms with E-state index in [4.69, 9.17) is 5.73 Å². The van der Waals surface area contributed by atoms with Gasteiger partial charge in [-0.3, -0.25) is 4.79 Å². The first-order valence-electron chi connectivity index (χ1n) is 4.97. The highest BCUT2D eigenvalue weighted by atomic mass is 16.2. The average molecular weight is 186 g/mol. The van der Waals surface area contributed by atoms with Crippen LogP contribution in [0.3, 0.4) is 0 Å². The van der Waals surface area contributed by atoms with E-state index in [9.17, 15) is 4.79 Å². The van der Waals surface area contributed by atoms with Crippen LogP contribution in [-0.4, -0.2) is 29.4 Å². The topological polar surface area (TPSA) is 46.3 Å². The highest BCUT2D eigenvalue weighted by Gasteiger charge is 2.15. The summed E-state index contributed by atoms with van der Waals surface area (Å²) in [6.07, 6.45) is 1.31. The van der Waals surface area contributed by atoms with Crippen molar-refractivity contribution in [1.82, 2.24) is 4.90 Å². The summed E-state index contributed by atoms with van der Waals surface area (Å²) in [5.41, 5.74) is 5.56. The first-order chi connectivity index (χ1) is 5.90. The summed E-state index contributed by atoms with van der Waals surface area (Å²) in [6.45, 7) is 9.47. The molecule has 0 aliphatic heterocycles. The lowest BCUT2D eigenvalue weighted by Gasteiger charge is -2.22. The van der Waals surface area contributed by atoms with E-state index in [1.165, 1.54) is 0 Å². The Morgan fingerprint density at radius 3 is 2.08 bits per heavy atom. The lowest BCUT2D eigenvalue weighted by atomic mass is 10.00. The molecule has 78 valence electrons. The van der Waals surface area contributed by atoms with E-state index in [1.807, 2.05) is 32.6 Å². The molecule has 3 nitrogen and oxygen atoms in total. The maximum absolute atomic E-state index is 11.5. The first kappa shape index (κ1) is 12.4. The third kappa shape index (κ3) is 5.64. The Bertz CT molecular complexity index is 157. The van der Waals surface area contributed by atoms with Crippen molar-refractivity contribution in [2.24, 2.45) is 5.73 Å². The standard InChI is InChI=1S/C10H22N2O/c1-5-12(6-2)9(13)7-8-10(3,4)11/h5-8,11H2,1-4H3. The normalized spacial score (nSPS) is 11.5. The van der Waals surface area contributed by atoms with Crippen molar-refractivity contribution in [3.05, 3.63) is 0 Å². The van der Waals surface area contributed by atoms with Gasteiger partial charge in [0.25, 0.3) is 0 Å². The molecule has 0 spiro atoms. The van der Waals surface area contributed by atoms with Crippen LogP contribution in [0.25, 0.3) is 0 Å². The summed E-state index contributed by atoms with van der Waals surface area (Å²) in [4.78, 5) is 13.4. The molecule has 1 amide bonds. The molecule has 0 saturated heterocycles. The minimum atomic E-state index is -0.233. The smallest absolute Gasteiger partial charge is 0.222 e. The molecular weight excluding hydrogens is 164 g/mol. The van der Waals surface area contributed by atoms with Gasteiger partial charge in [-0.15, -0.1) is 0 Å². The molecule has 0 aromatic carbocycles. The molecule has 0 aromatic heterocycles. The lowest BCUT2D eigenvalue weighted by Crippen LogP contribution is -2.36. The fourth-order valence-corrected chi connectivity index (χ4v) is 1.16. The summed E-state index contributed by atoms with van der Waals surface area (Å²) >= 11 is 0. The average Bonchev–Trinajstić information content (AvgIpc) is 2.02. The molecule has 0 unspecified atom stereocenters. The molecule has 0 radical (unpaired) electrons. The highest BCUT2D eigenvalue weighted by Crippen LogP contribution is 2.08. The predicted molar refractivity (Wildman–Crippen MR) is 55.4 cm³/mol. The second-order valence-corrected chi connectivity index (χ2v) is 4.05. The number of hydrogen-bond acceptors (Lipinski definition) is 2. The monoisotopic (exact) mass is 186 g/mol. The summed E-state index contributed by atoms with van der Waals surface area (Å²) < 4.78 is 0. The van der Waals surface area contributed by atoms with E-state index >= 15 is 0 Å².